The third-order valence-corrected chi connectivity index (χ3v) is 3.31. The van der Waals surface area contributed by atoms with Gasteiger partial charge < -0.3 is 14.8 Å². The molecule has 1 N–H and O–H groups in total. The highest BCUT2D eigenvalue weighted by Crippen LogP contribution is 2.20. The molecule has 0 aromatic carbocycles. The van der Waals surface area contributed by atoms with Crippen molar-refractivity contribution in [1.82, 2.24) is 15.3 Å². The summed E-state index contributed by atoms with van der Waals surface area (Å²) in [6.45, 7) is 9.14. The first-order chi connectivity index (χ1) is 9.22. The van der Waals surface area contributed by atoms with E-state index >= 15 is 0 Å². The van der Waals surface area contributed by atoms with Gasteiger partial charge in [-0.25, -0.2) is 9.97 Å². The van der Waals surface area contributed by atoms with Gasteiger partial charge in [-0.1, -0.05) is 6.92 Å². The van der Waals surface area contributed by atoms with Gasteiger partial charge in [0.1, 0.15) is 6.10 Å². The zero-order valence-corrected chi connectivity index (χ0v) is 12.0. The molecule has 5 heteroatoms. The lowest BCUT2D eigenvalue weighted by Crippen LogP contribution is -2.25. The van der Waals surface area contributed by atoms with Crippen LogP contribution in [-0.2, 0) is 9.47 Å². The van der Waals surface area contributed by atoms with Crippen molar-refractivity contribution in [2.75, 3.05) is 26.4 Å². The maximum absolute atomic E-state index is 5.62. The van der Waals surface area contributed by atoms with E-state index in [4.69, 9.17) is 9.47 Å². The Balaban J connectivity index is 2.07. The summed E-state index contributed by atoms with van der Waals surface area (Å²) < 4.78 is 11.0. The van der Waals surface area contributed by atoms with Crippen LogP contribution in [0.4, 0.5) is 0 Å². The standard InChI is InChI=1S/C14H23N3O2/c1-4-5-15-10(2)12-8-16-14(17-11(12)3)13-9-18-6-7-19-13/h8,10,13,15H,4-7,9H2,1-3H3. The Kier molecular flexibility index (Phi) is 5.24. The zero-order chi connectivity index (χ0) is 13.7. The molecular formula is C14H23N3O2. The molecule has 1 aromatic heterocycles. The van der Waals surface area contributed by atoms with Crippen LogP contribution in [0, 0.1) is 6.92 Å². The van der Waals surface area contributed by atoms with Gasteiger partial charge in [0.2, 0.25) is 0 Å². The number of hydrogen-bond donors (Lipinski definition) is 1. The van der Waals surface area contributed by atoms with E-state index in [-0.39, 0.29) is 12.1 Å². The predicted molar refractivity (Wildman–Crippen MR) is 73.0 cm³/mol. The van der Waals surface area contributed by atoms with Gasteiger partial charge in [0.15, 0.2) is 5.82 Å². The first-order valence-corrected chi connectivity index (χ1v) is 6.98. The van der Waals surface area contributed by atoms with Crippen molar-refractivity contribution in [3.8, 4) is 0 Å². The van der Waals surface area contributed by atoms with Crippen molar-refractivity contribution in [2.45, 2.75) is 39.3 Å². The van der Waals surface area contributed by atoms with Crippen LogP contribution in [0.15, 0.2) is 6.20 Å². The molecule has 0 bridgehead atoms. The van der Waals surface area contributed by atoms with Crippen LogP contribution in [0.5, 0.6) is 0 Å². The summed E-state index contributed by atoms with van der Waals surface area (Å²) >= 11 is 0. The third kappa shape index (κ3) is 3.72. The molecule has 2 unspecified atom stereocenters. The first kappa shape index (κ1) is 14.4. The maximum atomic E-state index is 5.62. The van der Waals surface area contributed by atoms with Crippen LogP contribution < -0.4 is 5.32 Å². The summed E-state index contributed by atoms with van der Waals surface area (Å²) in [7, 11) is 0. The Hall–Kier alpha value is -1.04. The van der Waals surface area contributed by atoms with Crippen LogP contribution >= 0.6 is 0 Å². The number of ether oxygens (including phenoxy) is 2. The van der Waals surface area contributed by atoms with Gasteiger partial charge in [0.05, 0.1) is 19.8 Å². The summed E-state index contributed by atoms with van der Waals surface area (Å²) in [5, 5.41) is 3.45. The molecule has 1 aliphatic heterocycles. The Morgan fingerprint density at radius 2 is 2.32 bits per heavy atom. The summed E-state index contributed by atoms with van der Waals surface area (Å²) in [5.74, 6) is 0.726. The van der Waals surface area contributed by atoms with Crippen molar-refractivity contribution in [1.29, 1.82) is 0 Å². The lowest BCUT2D eigenvalue weighted by molar-refractivity contribution is -0.0936. The van der Waals surface area contributed by atoms with Gasteiger partial charge in [0.25, 0.3) is 0 Å². The maximum Gasteiger partial charge on any atom is 0.159 e. The number of hydrogen-bond acceptors (Lipinski definition) is 5. The molecular weight excluding hydrogens is 242 g/mol. The number of rotatable bonds is 5. The van der Waals surface area contributed by atoms with Crippen molar-refractivity contribution in [3.05, 3.63) is 23.3 Å². The third-order valence-electron chi connectivity index (χ3n) is 3.31. The van der Waals surface area contributed by atoms with E-state index in [1.807, 2.05) is 13.1 Å². The number of nitrogens with one attached hydrogen (secondary N) is 1. The monoisotopic (exact) mass is 265 g/mol. The topological polar surface area (TPSA) is 56.3 Å². The second-order valence-corrected chi connectivity index (χ2v) is 4.88. The van der Waals surface area contributed by atoms with Crippen LogP contribution in [0.3, 0.4) is 0 Å². The molecule has 1 saturated heterocycles. The molecule has 1 aliphatic rings. The zero-order valence-electron chi connectivity index (χ0n) is 12.0. The number of aromatic nitrogens is 2. The minimum atomic E-state index is -0.125. The minimum Gasteiger partial charge on any atom is -0.376 e. The van der Waals surface area contributed by atoms with Gasteiger partial charge in [0, 0.05) is 23.5 Å². The summed E-state index contributed by atoms with van der Waals surface area (Å²) in [5.41, 5.74) is 2.16. The van der Waals surface area contributed by atoms with Crippen LogP contribution in [0.1, 0.15) is 49.5 Å². The number of nitrogens with zero attached hydrogens (tertiary/aromatic N) is 2. The summed E-state index contributed by atoms with van der Waals surface area (Å²) in [4.78, 5) is 9.01. The second kappa shape index (κ2) is 6.93. The molecule has 1 fully saturated rings. The molecule has 0 spiro atoms. The molecule has 0 aliphatic carbocycles. The quantitative estimate of drug-likeness (QED) is 0.881. The number of aryl methyl sites for hydroxylation is 1. The van der Waals surface area contributed by atoms with Crippen molar-refractivity contribution >= 4 is 0 Å². The average molecular weight is 265 g/mol. The molecule has 5 nitrogen and oxygen atoms in total. The van der Waals surface area contributed by atoms with E-state index in [2.05, 4.69) is 29.1 Å². The molecule has 0 saturated carbocycles. The van der Waals surface area contributed by atoms with Gasteiger partial charge in [-0.2, -0.15) is 0 Å². The molecule has 2 heterocycles. The van der Waals surface area contributed by atoms with Crippen molar-refractivity contribution in [2.24, 2.45) is 0 Å². The van der Waals surface area contributed by atoms with E-state index in [0.29, 0.717) is 19.8 Å². The normalized spacial score (nSPS) is 21.3. The Morgan fingerprint density at radius 3 is 2.95 bits per heavy atom. The molecule has 0 radical (unpaired) electrons. The van der Waals surface area contributed by atoms with Crippen molar-refractivity contribution in [3.63, 3.8) is 0 Å². The van der Waals surface area contributed by atoms with Gasteiger partial charge >= 0.3 is 0 Å². The fourth-order valence-electron chi connectivity index (χ4n) is 2.18. The molecule has 0 amide bonds. The summed E-state index contributed by atoms with van der Waals surface area (Å²) in [6.07, 6.45) is 2.90. The van der Waals surface area contributed by atoms with E-state index in [0.717, 1.165) is 30.0 Å². The lowest BCUT2D eigenvalue weighted by Gasteiger charge is -2.23. The second-order valence-electron chi connectivity index (χ2n) is 4.88. The van der Waals surface area contributed by atoms with Crippen molar-refractivity contribution < 1.29 is 9.47 Å². The molecule has 2 rings (SSSR count). The van der Waals surface area contributed by atoms with E-state index in [1.54, 1.807) is 0 Å². The van der Waals surface area contributed by atoms with Gasteiger partial charge in [-0.3, -0.25) is 0 Å². The minimum absolute atomic E-state index is 0.125. The smallest absolute Gasteiger partial charge is 0.159 e. The van der Waals surface area contributed by atoms with E-state index < -0.39 is 0 Å². The highest BCUT2D eigenvalue weighted by Gasteiger charge is 2.20. The molecule has 19 heavy (non-hydrogen) atoms. The van der Waals surface area contributed by atoms with Crippen LogP contribution in [0.2, 0.25) is 0 Å². The Bertz CT molecular complexity index is 406. The fraction of sp³-hybridized carbons (Fsp3) is 0.714. The largest absolute Gasteiger partial charge is 0.376 e. The van der Waals surface area contributed by atoms with Gasteiger partial charge in [-0.15, -0.1) is 0 Å². The fourth-order valence-corrected chi connectivity index (χ4v) is 2.18. The highest BCUT2D eigenvalue weighted by atomic mass is 16.6. The highest BCUT2D eigenvalue weighted by molar-refractivity contribution is 5.20. The molecule has 106 valence electrons. The van der Waals surface area contributed by atoms with Gasteiger partial charge in [-0.05, 0) is 26.8 Å². The SMILES string of the molecule is CCCNC(C)c1cnc(C2COCCO2)nc1C. The van der Waals surface area contributed by atoms with E-state index in [1.165, 1.54) is 0 Å². The lowest BCUT2D eigenvalue weighted by atomic mass is 10.1. The molecule has 2 atom stereocenters. The molecule has 1 aromatic rings. The summed E-state index contributed by atoms with van der Waals surface area (Å²) in [6, 6.07) is 0.275. The van der Waals surface area contributed by atoms with Crippen LogP contribution in [0.25, 0.3) is 0 Å². The Labute approximate surface area is 114 Å². The average Bonchev–Trinajstić information content (AvgIpc) is 2.45. The van der Waals surface area contributed by atoms with Crippen LogP contribution in [-0.4, -0.2) is 36.3 Å². The Morgan fingerprint density at radius 1 is 1.47 bits per heavy atom. The predicted octanol–water partition coefficient (Wildman–Crippen LogP) is 1.93. The first-order valence-electron chi connectivity index (χ1n) is 6.98. The van der Waals surface area contributed by atoms with E-state index in [9.17, 15) is 0 Å².